The lowest BCUT2D eigenvalue weighted by atomic mass is 9.85. The Balaban J connectivity index is 1.97. The zero-order valence-corrected chi connectivity index (χ0v) is 10.5. The number of piperidine rings is 1. The molecule has 0 amide bonds. The molecule has 104 valence electrons. The highest BCUT2D eigenvalue weighted by Crippen LogP contribution is 2.62. The second kappa shape index (κ2) is 4.24. The zero-order chi connectivity index (χ0) is 13.7. The number of β-amino-alcohol motifs (C(OH)–C–C–N with tert-alkyl or cyclic N) is 1. The molecule has 1 heterocycles. The summed E-state index contributed by atoms with van der Waals surface area (Å²) in [6.45, 7) is -0.190. The quantitative estimate of drug-likeness (QED) is 0.595. The van der Waals surface area contributed by atoms with Crippen molar-refractivity contribution in [2.24, 2.45) is 0 Å². The highest BCUT2D eigenvalue weighted by Gasteiger charge is 2.79. The van der Waals surface area contributed by atoms with Crippen LogP contribution in [-0.4, -0.2) is 52.4 Å². The van der Waals surface area contributed by atoms with Gasteiger partial charge in [-0.2, -0.15) is 0 Å². The van der Waals surface area contributed by atoms with E-state index in [2.05, 4.69) is 5.32 Å². The van der Waals surface area contributed by atoms with Crippen LogP contribution in [0.3, 0.4) is 0 Å². The molecule has 4 N–H and O–H groups in total. The molecule has 0 bridgehead atoms. The summed E-state index contributed by atoms with van der Waals surface area (Å²) in [6, 6.07) is 9.02. The number of aliphatic hydroxyl groups excluding tert-OH is 3. The molecular weight excluding hydrogens is 249 g/mol. The van der Waals surface area contributed by atoms with Crippen molar-refractivity contribution < 1.29 is 19.7 Å². The Labute approximate surface area is 110 Å². The minimum absolute atomic E-state index is 0.102. The number of halogens is 1. The molecule has 2 aliphatic rings. The van der Waals surface area contributed by atoms with E-state index in [1.807, 2.05) is 6.07 Å². The molecule has 3 rings (SSSR count). The van der Waals surface area contributed by atoms with Crippen LogP contribution in [0.4, 0.5) is 4.39 Å². The van der Waals surface area contributed by atoms with Crippen molar-refractivity contribution in [2.45, 2.75) is 35.8 Å². The highest BCUT2D eigenvalue weighted by atomic mass is 19.1. The summed E-state index contributed by atoms with van der Waals surface area (Å²) in [6.07, 6.45) is -3.01. The maximum Gasteiger partial charge on any atom is 0.133 e. The lowest BCUT2D eigenvalue weighted by molar-refractivity contribution is -0.0230. The number of aliphatic hydroxyl groups is 3. The first-order chi connectivity index (χ1) is 9.08. The van der Waals surface area contributed by atoms with E-state index in [0.717, 1.165) is 5.56 Å². The number of hydrogen-bond donors (Lipinski definition) is 4. The number of rotatable bonds is 2. The maximum atomic E-state index is 14.5. The Morgan fingerprint density at radius 1 is 1.21 bits per heavy atom. The molecule has 5 unspecified atom stereocenters. The fourth-order valence-electron chi connectivity index (χ4n) is 3.49. The topological polar surface area (TPSA) is 72.7 Å². The normalized spacial score (nSPS) is 45.4. The molecule has 1 aliphatic carbocycles. The molecule has 0 aromatic heterocycles. The van der Waals surface area contributed by atoms with Crippen molar-refractivity contribution in [2.75, 3.05) is 13.2 Å². The minimum Gasteiger partial charge on any atom is -0.395 e. The molecule has 1 saturated heterocycles. The van der Waals surface area contributed by atoms with Crippen LogP contribution >= 0.6 is 0 Å². The molecular formula is C14H18FNO3. The van der Waals surface area contributed by atoms with Gasteiger partial charge in [-0.3, -0.25) is 0 Å². The first-order valence-electron chi connectivity index (χ1n) is 6.50. The number of hydrogen-bond acceptors (Lipinski definition) is 4. The van der Waals surface area contributed by atoms with E-state index < -0.39 is 29.3 Å². The Bertz CT molecular complexity index is 471. The Kier molecular flexibility index (Phi) is 2.90. The van der Waals surface area contributed by atoms with Crippen LogP contribution in [0, 0.1) is 0 Å². The molecule has 5 atom stereocenters. The van der Waals surface area contributed by atoms with Gasteiger partial charge in [-0.05, 0) is 12.0 Å². The van der Waals surface area contributed by atoms with Gasteiger partial charge in [-0.15, -0.1) is 0 Å². The van der Waals surface area contributed by atoms with Gasteiger partial charge in [0.2, 0.25) is 0 Å². The molecule has 1 spiro atoms. The highest BCUT2D eigenvalue weighted by molar-refractivity contribution is 5.48. The fraction of sp³-hybridized carbons (Fsp3) is 0.571. The van der Waals surface area contributed by atoms with Crippen molar-refractivity contribution in [3.8, 4) is 0 Å². The maximum absolute atomic E-state index is 14.5. The molecule has 1 aromatic rings. The second-order valence-corrected chi connectivity index (χ2v) is 5.55. The van der Waals surface area contributed by atoms with Crippen molar-refractivity contribution in [1.82, 2.24) is 5.32 Å². The molecule has 2 fully saturated rings. The van der Waals surface area contributed by atoms with Crippen molar-refractivity contribution >= 4 is 0 Å². The average molecular weight is 267 g/mol. The largest absolute Gasteiger partial charge is 0.395 e. The van der Waals surface area contributed by atoms with Gasteiger partial charge in [0.25, 0.3) is 0 Å². The third-order valence-corrected chi connectivity index (χ3v) is 4.72. The fourth-order valence-corrected chi connectivity index (χ4v) is 3.49. The minimum atomic E-state index is -1.27. The Morgan fingerprint density at radius 3 is 2.47 bits per heavy atom. The third kappa shape index (κ3) is 1.53. The van der Waals surface area contributed by atoms with Gasteiger partial charge >= 0.3 is 0 Å². The van der Waals surface area contributed by atoms with Gasteiger partial charge in [0.1, 0.15) is 6.17 Å². The number of nitrogens with one attached hydrogen (secondary N) is 1. The predicted molar refractivity (Wildman–Crippen MR) is 67.5 cm³/mol. The van der Waals surface area contributed by atoms with E-state index in [9.17, 15) is 19.7 Å². The van der Waals surface area contributed by atoms with Gasteiger partial charge in [0, 0.05) is 6.54 Å². The monoisotopic (exact) mass is 267 g/mol. The van der Waals surface area contributed by atoms with Crippen LogP contribution in [-0.2, 0) is 5.41 Å². The van der Waals surface area contributed by atoms with E-state index in [-0.39, 0.29) is 19.6 Å². The SMILES string of the molecule is OCC1(c2ccccc2)C(F)C12CC(O)C(O)CN2. The summed E-state index contributed by atoms with van der Waals surface area (Å²) in [5, 5.41) is 32.1. The summed E-state index contributed by atoms with van der Waals surface area (Å²) in [7, 11) is 0. The molecule has 1 saturated carbocycles. The van der Waals surface area contributed by atoms with E-state index in [0.29, 0.717) is 0 Å². The zero-order valence-electron chi connectivity index (χ0n) is 10.5. The van der Waals surface area contributed by atoms with Crippen LogP contribution in [0.5, 0.6) is 0 Å². The Morgan fingerprint density at radius 2 is 1.89 bits per heavy atom. The smallest absolute Gasteiger partial charge is 0.133 e. The third-order valence-electron chi connectivity index (χ3n) is 4.72. The van der Waals surface area contributed by atoms with Gasteiger partial charge in [0.05, 0.1) is 29.8 Å². The van der Waals surface area contributed by atoms with Crippen LogP contribution in [0.15, 0.2) is 30.3 Å². The van der Waals surface area contributed by atoms with Gasteiger partial charge < -0.3 is 20.6 Å². The van der Waals surface area contributed by atoms with Crippen LogP contribution < -0.4 is 5.32 Å². The molecule has 19 heavy (non-hydrogen) atoms. The summed E-state index contributed by atoms with van der Waals surface area (Å²) in [5.74, 6) is 0. The first-order valence-corrected chi connectivity index (χ1v) is 6.50. The van der Waals surface area contributed by atoms with Gasteiger partial charge in [0.15, 0.2) is 0 Å². The molecule has 4 nitrogen and oxygen atoms in total. The molecule has 0 radical (unpaired) electrons. The Hall–Kier alpha value is -1.01. The molecule has 5 heteroatoms. The van der Waals surface area contributed by atoms with E-state index in [4.69, 9.17) is 0 Å². The van der Waals surface area contributed by atoms with Crippen LogP contribution in [0.1, 0.15) is 12.0 Å². The van der Waals surface area contributed by atoms with E-state index in [1.165, 1.54) is 0 Å². The number of benzene rings is 1. The van der Waals surface area contributed by atoms with Gasteiger partial charge in [-0.25, -0.2) is 4.39 Å². The molecule has 1 aliphatic heterocycles. The van der Waals surface area contributed by atoms with Crippen LogP contribution in [0.2, 0.25) is 0 Å². The second-order valence-electron chi connectivity index (χ2n) is 5.55. The lowest BCUT2D eigenvalue weighted by Gasteiger charge is -2.34. The number of alkyl halides is 1. The summed E-state index contributed by atoms with van der Waals surface area (Å²) >= 11 is 0. The summed E-state index contributed by atoms with van der Waals surface area (Å²) in [5.41, 5.74) is -1.27. The van der Waals surface area contributed by atoms with Gasteiger partial charge in [-0.1, -0.05) is 30.3 Å². The lowest BCUT2D eigenvalue weighted by Crippen LogP contribution is -2.55. The standard InChI is InChI=1S/C14H18FNO3/c15-12-13(8-17,9-4-2-1-3-5-9)14(12)6-10(18)11(19)7-16-14/h1-5,10-12,16-19H,6-8H2. The van der Waals surface area contributed by atoms with Crippen molar-refractivity contribution in [1.29, 1.82) is 0 Å². The first kappa shape index (κ1) is 13.0. The molecule has 1 aromatic carbocycles. The van der Waals surface area contributed by atoms with Crippen molar-refractivity contribution in [3.63, 3.8) is 0 Å². The predicted octanol–water partition coefficient (Wildman–Crippen LogP) is -0.278. The summed E-state index contributed by atoms with van der Waals surface area (Å²) in [4.78, 5) is 0. The average Bonchev–Trinajstić information content (AvgIpc) is 2.94. The summed E-state index contributed by atoms with van der Waals surface area (Å²) < 4.78 is 14.5. The van der Waals surface area contributed by atoms with E-state index >= 15 is 0 Å². The van der Waals surface area contributed by atoms with Crippen LogP contribution in [0.25, 0.3) is 0 Å². The van der Waals surface area contributed by atoms with Crippen molar-refractivity contribution in [3.05, 3.63) is 35.9 Å². The van der Waals surface area contributed by atoms with E-state index in [1.54, 1.807) is 24.3 Å².